The van der Waals surface area contributed by atoms with E-state index in [4.69, 9.17) is 11.0 Å². The van der Waals surface area contributed by atoms with Gasteiger partial charge in [0.25, 0.3) is 0 Å². The van der Waals surface area contributed by atoms with Crippen LogP contribution in [0.1, 0.15) is 36.4 Å². The minimum atomic E-state index is 0.163. The van der Waals surface area contributed by atoms with Gasteiger partial charge in [-0.15, -0.1) is 0 Å². The Labute approximate surface area is 84.3 Å². The van der Waals surface area contributed by atoms with Crippen LogP contribution in [0.15, 0.2) is 24.3 Å². The summed E-state index contributed by atoms with van der Waals surface area (Å²) in [5.74, 6) is 0.655. The van der Waals surface area contributed by atoms with Gasteiger partial charge in [0.1, 0.15) is 0 Å². The van der Waals surface area contributed by atoms with Gasteiger partial charge in [-0.05, 0) is 36.5 Å². The summed E-state index contributed by atoms with van der Waals surface area (Å²) in [6, 6.07) is 9.90. The first kappa shape index (κ1) is 9.23. The Bertz CT molecular complexity index is 344. The fourth-order valence-electron chi connectivity index (χ4n) is 1.85. The Morgan fingerprint density at radius 1 is 1.29 bits per heavy atom. The molecule has 14 heavy (non-hydrogen) atoms. The van der Waals surface area contributed by atoms with Crippen LogP contribution in [0.3, 0.4) is 0 Å². The molecule has 1 aliphatic carbocycles. The Balaban J connectivity index is 2.12. The van der Waals surface area contributed by atoms with Gasteiger partial charge in [0.15, 0.2) is 0 Å². The standard InChI is InChI=1S/C12H14N2/c13-8-9-4-6-11(7-5-9)12(14)10-2-1-3-10/h4-7,10,12H,1-3,14H2. The van der Waals surface area contributed by atoms with Crippen LogP contribution in [0, 0.1) is 17.2 Å². The van der Waals surface area contributed by atoms with Crippen molar-refractivity contribution in [2.24, 2.45) is 11.7 Å². The molecular weight excluding hydrogens is 172 g/mol. The van der Waals surface area contributed by atoms with E-state index in [1.54, 1.807) is 0 Å². The van der Waals surface area contributed by atoms with Gasteiger partial charge >= 0.3 is 0 Å². The van der Waals surface area contributed by atoms with Crippen molar-refractivity contribution in [3.05, 3.63) is 35.4 Å². The van der Waals surface area contributed by atoms with E-state index < -0.39 is 0 Å². The molecule has 0 amide bonds. The second-order valence-electron chi connectivity index (χ2n) is 3.95. The van der Waals surface area contributed by atoms with Crippen molar-refractivity contribution >= 4 is 0 Å². The fraction of sp³-hybridized carbons (Fsp3) is 0.417. The van der Waals surface area contributed by atoms with Gasteiger partial charge in [-0.3, -0.25) is 0 Å². The molecule has 0 aliphatic heterocycles. The maximum atomic E-state index is 8.65. The average Bonchev–Trinajstić information content (AvgIpc) is 2.15. The molecule has 1 fully saturated rings. The average molecular weight is 186 g/mol. The summed E-state index contributed by atoms with van der Waals surface area (Å²) in [4.78, 5) is 0. The maximum Gasteiger partial charge on any atom is 0.0991 e. The fourth-order valence-corrected chi connectivity index (χ4v) is 1.85. The van der Waals surface area contributed by atoms with Crippen molar-refractivity contribution in [3.63, 3.8) is 0 Å². The van der Waals surface area contributed by atoms with Gasteiger partial charge in [-0.25, -0.2) is 0 Å². The topological polar surface area (TPSA) is 49.8 Å². The number of nitrogens with two attached hydrogens (primary N) is 1. The molecule has 0 saturated heterocycles. The molecule has 1 aromatic carbocycles. The highest BCUT2D eigenvalue weighted by Crippen LogP contribution is 2.35. The van der Waals surface area contributed by atoms with Crippen molar-refractivity contribution in [1.82, 2.24) is 0 Å². The number of nitriles is 1. The van der Waals surface area contributed by atoms with E-state index in [0.29, 0.717) is 11.5 Å². The molecule has 2 rings (SSSR count). The third-order valence-electron chi connectivity index (χ3n) is 3.08. The van der Waals surface area contributed by atoms with Crippen LogP contribution >= 0.6 is 0 Å². The summed E-state index contributed by atoms with van der Waals surface area (Å²) >= 11 is 0. The molecule has 0 bridgehead atoms. The predicted molar refractivity (Wildman–Crippen MR) is 55.4 cm³/mol. The van der Waals surface area contributed by atoms with Crippen molar-refractivity contribution in [3.8, 4) is 6.07 Å². The van der Waals surface area contributed by atoms with Crippen LogP contribution in [-0.4, -0.2) is 0 Å². The van der Waals surface area contributed by atoms with Gasteiger partial charge in [0.2, 0.25) is 0 Å². The van der Waals surface area contributed by atoms with Crippen molar-refractivity contribution in [2.45, 2.75) is 25.3 Å². The SMILES string of the molecule is N#Cc1ccc(C(N)C2CCC2)cc1. The molecule has 0 heterocycles. The zero-order chi connectivity index (χ0) is 9.97. The zero-order valence-electron chi connectivity index (χ0n) is 8.11. The second kappa shape index (κ2) is 3.81. The van der Waals surface area contributed by atoms with E-state index in [9.17, 15) is 0 Å². The lowest BCUT2D eigenvalue weighted by Gasteiger charge is -2.31. The van der Waals surface area contributed by atoms with Gasteiger partial charge < -0.3 is 5.73 Å². The molecule has 72 valence electrons. The van der Waals surface area contributed by atoms with Crippen molar-refractivity contribution in [2.75, 3.05) is 0 Å². The molecule has 0 radical (unpaired) electrons. The van der Waals surface area contributed by atoms with E-state index in [2.05, 4.69) is 6.07 Å². The zero-order valence-corrected chi connectivity index (χ0v) is 8.11. The van der Waals surface area contributed by atoms with E-state index in [1.807, 2.05) is 24.3 Å². The molecule has 1 saturated carbocycles. The van der Waals surface area contributed by atoms with Crippen LogP contribution in [-0.2, 0) is 0 Å². The summed E-state index contributed by atoms with van der Waals surface area (Å²) in [6.07, 6.45) is 3.82. The highest BCUT2D eigenvalue weighted by atomic mass is 14.7. The number of hydrogen-bond acceptors (Lipinski definition) is 2. The van der Waals surface area contributed by atoms with Crippen molar-refractivity contribution in [1.29, 1.82) is 5.26 Å². The Hall–Kier alpha value is -1.33. The summed E-state index contributed by atoms with van der Waals surface area (Å²) in [5, 5.41) is 8.65. The number of hydrogen-bond donors (Lipinski definition) is 1. The summed E-state index contributed by atoms with van der Waals surface area (Å²) in [6.45, 7) is 0. The lowest BCUT2D eigenvalue weighted by atomic mass is 9.77. The minimum Gasteiger partial charge on any atom is -0.324 e. The molecule has 0 aromatic heterocycles. The lowest BCUT2D eigenvalue weighted by molar-refractivity contribution is 0.264. The third-order valence-corrected chi connectivity index (χ3v) is 3.08. The summed E-state index contributed by atoms with van der Waals surface area (Å²) < 4.78 is 0. The first-order valence-corrected chi connectivity index (χ1v) is 5.07. The first-order chi connectivity index (χ1) is 6.81. The molecular formula is C12H14N2. The summed E-state index contributed by atoms with van der Waals surface area (Å²) in [7, 11) is 0. The van der Waals surface area contributed by atoms with E-state index in [0.717, 1.165) is 5.56 Å². The largest absolute Gasteiger partial charge is 0.324 e. The smallest absolute Gasteiger partial charge is 0.0991 e. The number of rotatable bonds is 2. The monoisotopic (exact) mass is 186 g/mol. The highest BCUT2D eigenvalue weighted by Gasteiger charge is 2.25. The molecule has 1 atom stereocenters. The highest BCUT2D eigenvalue weighted by molar-refractivity contribution is 5.33. The molecule has 0 spiro atoms. The maximum absolute atomic E-state index is 8.65. The van der Waals surface area contributed by atoms with Crippen LogP contribution in [0.4, 0.5) is 0 Å². The minimum absolute atomic E-state index is 0.163. The molecule has 2 N–H and O–H groups in total. The Morgan fingerprint density at radius 3 is 2.36 bits per heavy atom. The number of nitrogens with zero attached hydrogens (tertiary/aromatic N) is 1. The van der Waals surface area contributed by atoms with E-state index in [1.165, 1.54) is 19.3 Å². The first-order valence-electron chi connectivity index (χ1n) is 5.07. The van der Waals surface area contributed by atoms with Crippen molar-refractivity contribution < 1.29 is 0 Å². The third kappa shape index (κ3) is 1.64. The van der Waals surface area contributed by atoms with Gasteiger partial charge in [-0.1, -0.05) is 18.6 Å². The van der Waals surface area contributed by atoms with E-state index in [-0.39, 0.29) is 6.04 Å². The van der Waals surface area contributed by atoms with Gasteiger partial charge in [0, 0.05) is 6.04 Å². The normalized spacial score (nSPS) is 18.3. The van der Waals surface area contributed by atoms with Gasteiger partial charge in [0.05, 0.1) is 11.6 Å². The quantitative estimate of drug-likeness (QED) is 0.770. The Kier molecular flexibility index (Phi) is 2.51. The van der Waals surface area contributed by atoms with Crippen LogP contribution in [0.5, 0.6) is 0 Å². The van der Waals surface area contributed by atoms with Crippen LogP contribution in [0.2, 0.25) is 0 Å². The second-order valence-corrected chi connectivity index (χ2v) is 3.95. The van der Waals surface area contributed by atoms with Crippen LogP contribution in [0.25, 0.3) is 0 Å². The predicted octanol–water partition coefficient (Wildman–Crippen LogP) is 2.36. The lowest BCUT2D eigenvalue weighted by Crippen LogP contribution is -2.26. The summed E-state index contributed by atoms with van der Waals surface area (Å²) in [5.41, 5.74) is 7.97. The number of benzene rings is 1. The molecule has 1 aliphatic rings. The molecule has 2 nitrogen and oxygen atoms in total. The molecule has 2 heteroatoms. The van der Waals surface area contributed by atoms with Crippen LogP contribution < -0.4 is 5.73 Å². The molecule has 1 unspecified atom stereocenters. The van der Waals surface area contributed by atoms with E-state index >= 15 is 0 Å². The van der Waals surface area contributed by atoms with Gasteiger partial charge in [-0.2, -0.15) is 5.26 Å². The Morgan fingerprint density at radius 2 is 1.93 bits per heavy atom. The molecule has 1 aromatic rings.